The van der Waals surface area contributed by atoms with Gasteiger partial charge in [-0.05, 0) is 11.5 Å². The van der Waals surface area contributed by atoms with E-state index in [-0.39, 0.29) is 10.9 Å². The van der Waals surface area contributed by atoms with Crippen LogP contribution in [0.2, 0.25) is 0 Å². The van der Waals surface area contributed by atoms with Crippen molar-refractivity contribution in [2.75, 3.05) is 13.6 Å². The lowest BCUT2D eigenvalue weighted by molar-refractivity contribution is -0.130. The summed E-state index contributed by atoms with van der Waals surface area (Å²) in [5.74, 6) is -0.144. The van der Waals surface area contributed by atoms with Crippen LogP contribution in [-0.2, 0) is 4.79 Å². The Morgan fingerprint density at radius 2 is 1.89 bits per heavy atom. The summed E-state index contributed by atoms with van der Waals surface area (Å²) < 4.78 is 0. The molecule has 0 saturated heterocycles. The van der Waals surface area contributed by atoms with Gasteiger partial charge in [0.1, 0.15) is 5.92 Å². The van der Waals surface area contributed by atoms with E-state index in [2.05, 4.69) is 13.8 Å². The molecule has 18 heavy (non-hydrogen) atoms. The standard InChI is InChI=1S/C14H20N2OS/c1-10(2)9-16(3)14(17)12(13(15)18)11-7-5-4-6-8-11/h4-8,10,12H,9H2,1-3H3,(H2,15,18). The van der Waals surface area contributed by atoms with Gasteiger partial charge in [-0.25, -0.2) is 0 Å². The fourth-order valence-corrected chi connectivity index (χ4v) is 2.17. The molecule has 1 aromatic rings. The Kier molecular flexibility index (Phi) is 5.28. The Hall–Kier alpha value is -1.42. The van der Waals surface area contributed by atoms with Crippen LogP contribution in [0.4, 0.5) is 0 Å². The third kappa shape index (κ3) is 3.81. The van der Waals surface area contributed by atoms with Crippen LogP contribution in [0.15, 0.2) is 30.3 Å². The zero-order chi connectivity index (χ0) is 13.7. The molecule has 0 aliphatic rings. The second-order valence-corrected chi connectivity index (χ2v) is 5.33. The van der Waals surface area contributed by atoms with Crippen LogP contribution >= 0.6 is 12.2 Å². The minimum absolute atomic E-state index is 0.0394. The number of hydrogen-bond acceptors (Lipinski definition) is 2. The number of nitrogens with two attached hydrogens (primary N) is 1. The van der Waals surface area contributed by atoms with Gasteiger partial charge in [-0.2, -0.15) is 0 Å². The fourth-order valence-electron chi connectivity index (χ4n) is 1.93. The van der Waals surface area contributed by atoms with Crippen LogP contribution in [0, 0.1) is 5.92 Å². The van der Waals surface area contributed by atoms with E-state index in [9.17, 15) is 4.79 Å². The number of hydrogen-bond donors (Lipinski definition) is 1. The quantitative estimate of drug-likeness (QED) is 0.829. The average Bonchev–Trinajstić information content (AvgIpc) is 2.29. The molecule has 0 aliphatic carbocycles. The van der Waals surface area contributed by atoms with Crippen molar-refractivity contribution in [3.8, 4) is 0 Å². The van der Waals surface area contributed by atoms with Crippen molar-refractivity contribution < 1.29 is 4.79 Å². The Bertz CT molecular complexity index is 417. The van der Waals surface area contributed by atoms with Crippen molar-refractivity contribution in [1.82, 2.24) is 4.90 Å². The van der Waals surface area contributed by atoms with E-state index in [0.29, 0.717) is 12.5 Å². The van der Waals surface area contributed by atoms with Crippen LogP contribution in [0.25, 0.3) is 0 Å². The first-order valence-electron chi connectivity index (χ1n) is 6.02. The van der Waals surface area contributed by atoms with Crippen LogP contribution in [0.5, 0.6) is 0 Å². The van der Waals surface area contributed by atoms with Crippen molar-refractivity contribution in [1.29, 1.82) is 0 Å². The van der Waals surface area contributed by atoms with Crippen molar-refractivity contribution in [2.24, 2.45) is 11.7 Å². The molecule has 3 nitrogen and oxygen atoms in total. The molecular weight excluding hydrogens is 244 g/mol. The highest BCUT2D eigenvalue weighted by Crippen LogP contribution is 2.19. The first-order chi connectivity index (χ1) is 8.43. The average molecular weight is 264 g/mol. The molecule has 98 valence electrons. The molecule has 0 bridgehead atoms. The molecule has 0 heterocycles. The largest absolute Gasteiger partial charge is 0.392 e. The smallest absolute Gasteiger partial charge is 0.236 e. The van der Waals surface area contributed by atoms with Crippen molar-refractivity contribution in [3.05, 3.63) is 35.9 Å². The molecule has 0 aromatic heterocycles. The summed E-state index contributed by atoms with van der Waals surface area (Å²) in [6.07, 6.45) is 0. The minimum Gasteiger partial charge on any atom is -0.392 e. The molecule has 1 aromatic carbocycles. The SMILES string of the molecule is CC(C)CN(C)C(=O)C(C(N)=S)c1ccccc1. The molecule has 1 rings (SSSR count). The summed E-state index contributed by atoms with van der Waals surface area (Å²) in [6, 6.07) is 9.44. The van der Waals surface area contributed by atoms with Gasteiger partial charge < -0.3 is 10.6 Å². The maximum absolute atomic E-state index is 12.4. The number of likely N-dealkylation sites (N-methyl/N-ethyl adjacent to an activating group) is 1. The number of thiocarbonyl (C=S) groups is 1. The Morgan fingerprint density at radius 3 is 2.33 bits per heavy atom. The van der Waals surface area contributed by atoms with Gasteiger partial charge in [-0.3, -0.25) is 4.79 Å². The van der Waals surface area contributed by atoms with E-state index in [1.165, 1.54) is 0 Å². The fraction of sp³-hybridized carbons (Fsp3) is 0.429. The maximum Gasteiger partial charge on any atom is 0.236 e. The van der Waals surface area contributed by atoms with E-state index in [0.717, 1.165) is 5.56 Å². The molecule has 1 atom stereocenters. The summed E-state index contributed by atoms with van der Waals surface area (Å²) in [5.41, 5.74) is 6.57. The van der Waals surface area contributed by atoms with Gasteiger partial charge in [-0.1, -0.05) is 56.4 Å². The minimum atomic E-state index is -0.523. The van der Waals surface area contributed by atoms with Gasteiger partial charge in [0.05, 0.1) is 4.99 Å². The highest BCUT2D eigenvalue weighted by molar-refractivity contribution is 7.80. The second-order valence-electron chi connectivity index (χ2n) is 4.86. The number of nitrogens with zero attached hydrogens (tertiary/aromatic N) is 1. The predicted octanol–water partition coefficient (Wildman–Crippen LogP) is 2.17. The number of amides is 1. The topological polar surface area (TPSA) is 46.3 Å². The first kappa shape index (κ1) is 14.6. The molecule has 1 amide bonds. The maximum atomic E-state index is 12.4. The summed E-state index contributed by atoms with van der Waals surface area (Å²) in [6.45, 7) is 4.84. The normalized spacial score (nSPS) is 12.2. The third-order valence-corrected chi connectivity index (χ3v) is 2.92. The van der Waals surface area contributed by atoms with E-state index in [1.807, 2.05) is 30.3 Å². The molecule has 0 radical (unpaired) electrons. The zero-order valence-corrected chi connectivity index (χ0v) is 11.9. The van der Waals surface area contributed by atoms with Gasteiger partial charge in [0, 0.05) is 13.6 Å². The summed E-state index contributed by atoms with van der Waals surface area (Å²) >= 11 is 5.04. The Morgan fingerprint density at radius 1 is 1.33 bits per heavy atom. The summed E-state index contributed by atoms with van der Waals surface area (Å²) in [7, 11) is 1.79. The van der Waals surface area contributed by atoms with Gasteiger partial charge in [-0.15, -0.1) is 0 Å². The predicted molar refractivity (Wildman–Crippen MR) is 78.4 cm³/mol. The summed E-state index contributed by atoms with van der Waals surface area (Å²) in [5, 5.41) is 0. The molecule has 0 saturated carbocycles. The van der Waals surface area contributed by atoms with Gasteiger partial charge in [0.2, 0.25) is 5.91 Å². The van der Waals surface area contributed by atoms with E-state index < -0.39 is 5.92 Å². The molecule has 0 aliphatic heterocycles. The highest BCUT2D eigenvalue weighted by Gasteiger charge is 2.26. The number of rotatable bonds is 5. The van der Waals surface area contributed by atoms with Crippen LogP contribution in [0.1, 0.15) is 25.3 Å². The molecule has 0 fully saturated rings. The lowest BCUT2D eigenvalue weighted by Crippen LogP contribution is -2.39. The third-order valence-electron chi connectivity index (χ3n) is 2.68. The van der Waals surface area contributed by atoms with Crippen molar-refractivity contribution in [3.63, 3.8) is 0 Å². The monoisotopic (exact) mass is 264 g/mol. The van der Waals surface area contributed by atoms with E-state index in [1.54, 1.807) is 11.9 Å². The molecule has 4 heteroatoms. The van der Waals surface area contributed by atoms with Crippen LogP contribution < -0.4 is 5.73 Å². The van der Waals surface area contributed by atoms with Crippen molar-refractivity contribution >= 4 is 23.1 Å². The highest BCUT2D eigenvalue weighted by atomic mass is 32.1. The second kappa shape index (κ2) is 6.50. The lowest BCUT2D eigenvalue weighted by Gasteiger charge is -2.24. The van der Waals surface area contributed by atoms with Gasteiger partial charge >= 0.3 is 0 Å². The molecule has 0 spiro atoms. The van der Waals surface area contributed by atoms with Crippen molar-refractivity contribution in [2.45, 2.75) is 19.8 Å². The number of carbonyl (C=O) groups excluding carboxylic acids is 1. The Labute approximate surface area is 114 Å². The number of carbonyl (C=O) groups is 1. The van der Waals surface area contributed by atoms with E-state index in [4.69, 9.17) is 18.0 Å². The Balaban J connectivity index is 2.93. The van der Waals surface area contributed by atoms with Gasteiger partial charge in [0.15, 0.2) is 0 Å². The summed E-state index contributed by atoms with van der Waals surface area (Å²) in [4.78, 5) is 14.3. The van der Waals surface area contributed by atoms with Crippen LogP contribution in [0.3, 0.4) is 0 Å². The number of benzene rings is 1. The molecule has 1 unspecified atom stereocenters. The first-order valence-corrected chi connectivity index (χ1v) is 6.43. The lowest BCUT2D eigenvalue weighted by atomic mass is 9.97. The molecular formula is C14H20N2OS. The molecule has 2 N–H and O–H groups in total. The van der Waals surface area contributed by atoms with Crippen LogP contribution in [-0.4, -0.2) is 29.4 Å². The van der Waals surface area contributed by atoms with E-state index >= 15 is 0 Å². The zero-order valence-electron chi connectivity index (χ0n) is 11.1. The van der Waals surface area contributed by atoms with Gasteiger partial charge in [0.25, 0.3) is 0 Å².